The summed E-state index contributed by atoms with van der Waals surface area (Å²) in [6.07, 6.45) is 2.88. The van der Waals surface area contributed by atoms with E-state index in [0.29, 0.717) is 11.9 Å². The number of ether oxygens (including phenoxy) is 1. The third-order valence-corrected chi connectivity index (χ3v) is 3.09. The summed E-state index contributed by atoms with van der Waals surface area (Å²) in [6.45, 7) is 9.22. The molecule has 1 N–H and O–H groups in total. The molecule has 2 heterocycles. The second kappa shape index (κ2) is 6.00. The minimum atomic E-state index is 0.135. The summed E-state index contributed by atoms with van der Waals surface area (Å²) in [5, 5.41) is 3.39. The van der Waals surface area contributed by atoms with Gasteiger partial charge < -0.3 is 15.0 Å². The number of likely N-dealkylation sites (N-methyl/N-ethyl adjacent to an activating group) is 1. The highest BCUT2D eigenvalue weighted by Gasteiger charge is 2.22. The largest absolute Gasteiger partial charge is 0.475 e. The predicted octanol–water partition coefficient (Wildman–Crippen LogP) is 1.45. The van der Waals surface area contributed by atoms with Gasteiger partial charge in [-0.2, -0.15) is 0 Å². The average molecular weight is 250 g/mol. The zero-order valence-corrected chi connectivity index (χ0v) is 11.4. The van der Waals surface area contributed by atoms with Crippen LogP contribution < -0.4 is 15.0 Å². The molecule has 1 saturated heterocycles. The summed E-state index contributed by atoms with van der Waals surface area (Å²) in [5.74, 6) is 1.61. The molecule has 5 heteroatoms. The number of hydrogen-bond donors (Lipinski definition) is 1. The average Bonchev–Trinajstić information content (AvgIpc) is 2.83. The van der Waals surface area contributed by atoms with Crippen molar-refractivity contribution < 1.29 is 4.74 Å². The Hall–Kier alpha value is -1.36. The van der Waals surface area contributed by atoms with Crippen LogP contribution in [0.1, 0.15) is 27.2 Å². The molecule has 0 bridgehead atoms. The molecule has 0 amide bonds. The molecule has 0 radical (unpaired) electrons. The maximum Gasteiger partial charge on any atom is 0.218 e. The Balaban J connectivity index is 2.14. The first-order valence-electron chi connectivity index (χ1n) is 6.66. The number of rotatable bonds is 5. The van der Waals surface area contributed by atoms with Crippen molar-refractivity contribution in [3.8, 4) is 5.88 Å². The van der Waals surface area contributed by atoms with Crippen LogP contribution in [0.25, 0.3) is 0 Å². The summed E-state index contributed by atoms with van der Waals surface area (Å²) in [6, 6.07) is 2.46. The summed E-state index contributed by atoms with van der Waals surface area (Å²) < 4.78 is 5.62. The lowest BCUT2D eigenvalue weighted by Gasteiger charge is -2.28. The molecule has 1 atom stereocenters. The van der Waals surface area contributed by atoms with Crippen molar-refractivity contribution >= 4 is 5.82 Å². The summed E-state index contributed by atoms with van der Waals surface area (Å²) >= 11 is 0. The molecule has 1 aliphatic heterocycles. The number of nitrogens with zero attached hydrogens (tertiary/aromatic N) is 3. The smallest absolute Gasteiger partial charge is 0.218 e. The normalized spacial score (nSPS) is 19.2. The van der Waals surface area contributed by atoms with Gasteiger partial charge in [-0.05, 0) is 33.7 Å². The van der Waals surface area contributed by atoms with Crippen LogP contribution in [0.5, 0.6) is 5.88 Å². The Bertz CT molecular complexity index is 377. The predicted molar refractivity (Wildman–Crippen MR) is 72.1 cm³/mol. The fourth-order valence-electron chi connectivity index (χ4n) is 2.31. The maximum atomic E-state index is 5.62. The Kier molecular flexibility index (Phi) is 4.36. The van der Waals surface area contributed by atoms with E-state index in [1.165, 1.54) is 0 Å². The van der Waals surface area contributed by atoms with E-state index in [2.05, 4.69) is 27.1 Å². The van der Waals surface area contributed by atoms with Crippen molar-refractivity contribution in [2.24, 2.45) is 0 Å². The minimum Gasteiger partial charge on any atom is -0.475 e. The van der Waals surface area contributed by atoms with Gasteiger partial charge in [0.25, 0.3) is 0 Å². The number of nitrogens with one attached hydrogen (secondary N) is 1. The quantitative estimate of drug-likeness (QED) is 0.857. The van der Waals surface area contributed by atoms with Gasteiger partial charge in [0.2, 0.25) is 5.88 Å². The SMILES string of the molecule is CCN(c1cc(OC(C)C)ncn1)C1CCNC1. The van der Waals surface area contributed by atoms with E-state index in [0.717, 1.165) is 31.9 Å². The first kappa shape index (κ1) is 13.1. The molecule has 1 unspecified atom stereocenters. The first-order valence-corrected chi connectivity index (χ1v) is 6.66. The lowest BCUT2D eigenvalue weighted by Crippen LogP contribution is -2.37. The van der Waals surface area contributed by atoms with Gasteiger partial charge in [-0.1, -0.05) is 0 Å². The third-order valence-electron chi connectivity index (χ3n) is 3.09. The van der Waals surface area contributed by atoms with E-state index < -0.39 is 0 Å². The van der Waals surface area contributed by atoms with Crippen LogP contribution in [0.2, 0.25) is 0 Å². The van der Waals surface area contributed by atoms with Crippen LogP contribution in [0.3, 0.4) is 0 Å². The molecule has 0 spiro atoms. The van der Waals surface area contributed by atoms with Gasteiger partial charge in [0.05, 0.1) is 6.10 Å². The molecule has 1 fully saturated rings. The monoisotopic (exact) mass is 250 g/mol. The van der Waals surface area contributed by atoms with Gasteiger partial charge in [0.15, 0.2) is 0 Å². The Morgan fingerprint density at radius 1 is 1.50 bits per heavy atom. The Morgan fingerprint density at radius 2 is 2.33 bits per heavy atom. The third kappa shape index (κ3) is 3.10. The highest BCUT2D eigenvalue weighted by Crippen LogP contribution is 2.20. The van der Waals surface area contributed by atoms with Crippen LogP contribution in [0, 0.1) is 0 Å². The zero-order chi connectivity index (χ0) is 13.0. The molecular formula is C13H22N4O. The summed E-state index contributed by atoms with van der Waals surface area (Å²) in [4.78, 5) is 10.8. The number of anilines is 1. The van der Waals surface area contributed by atoms with E-state index in [9.17, 15) is 0 Å². The van der Waals surface area contributed by atoms with E-state index in [1.807, 2.05) is 19.9 Å². The molecule has 1 aromatic rings. The first-order chi connectivity index (χ1) is 8.70. The van der Waals surface area contributed by atoms with Crippen molar-refractivity contribution in [2.45, 2.75) is 39.3 Å². The van der Waals surface area contributed by atoms with Crippen molar-refractivity contribution in [1.82, 2.24) is 15.3 Å². The second-order valence-electron chi connectivity index (χ2n) is 4.81. The van der Waals surface area contributed by atoms with Gasteiger partial charge in [0, 0.05) is 25.2 Å². The van der Waals surface area contributed by atoms with Crippen molar-refractivity contribution in [1.29, 1.82) is 0 Å². The van der Waals surface area contributed by atoms with Crippen LogP contribution >= 0.6 is 0 Å². The molecular weight excluding hydrogens is 228 g/mol. The standard InChI is InChI=1S/C13H22N4O/c1-4-17(11-5-6-14-8-11)12-7-13(16-9-15-12)18-10(2)3/h7,9-11,14H,4-6,8H2,1-3H3. The molecule has 100 valence electrons. The molecule has 0 saturated carbocycles. The molecule has 2 rings (SSSR count). The summed E-state index contributed by atoms with van der Waals surface area (Å²) in [5.41, 5.74) is 0. The molecule has 1 aromatic heterocycles. The van der Waals surface area contributed by atoms with Crippen LogP contribution in [0.15, 0.2) is 12.4 Å². The van der Waals surface area contributed by atoms with Crippen LogP contribution in [0.4, 0.5) is 5.82 Å². The number of hydrogen-bond acceptors (Lipinski definition) is 5. The van der Waals surface area contributed by atoms with Gasteiger partial charge in [-0.25, -0.2) is 9.97 Å². The number of aromatic nitrogens is 2. The molecule has 18 heavy (non-hydrogen) atoms. The Labute approximate surface area is 109 Å². The molecule has 5 nitrogen and oxygen atoms in total. The fourth-order valence-corrected chi connectivity index (χ4v) is 2.31. The molecule has 1 aliphatic rings. The topological polar surface area (TPSA) is 50.3 Å². The van der Waals surface area contributed by atoms with Crippen LogP contribution in [-0.2, 0) is 0 Å². The van der Waals surface area contributed by atoms with Gasteiger partial charge in [-0.3, -0.25) is 0 Å². The van der Waals surface area contributed by atoms with Crippen molar-refractivity contribution in [3.05, 3.63) is 12.4 Å². The second-order valence-corrected chi connectivity index (χ2v) is 4.81. The van der Waals surface area contributed by atoms with E-state index in [-0.39, 0.29) is 6.10 Å². The fraction of sp³-hybridized carbons (Fsp3) is 0.692. The van der Waals surface area contributed by atoms with Crippen molar-refractivity contribution in [3.63, 3.8) is 0 Å². The Morgan fingerprint density at radius 3 is 2.94 bits per heavy atom. The van der Waals surface area contributed by atoms with Gasteiger partial charge >= 0.3 is 0 Å². The molecule has 0 aromatic carbocycles. The maximum absolute atomic E-state index is 5.62. The minimum absolute atomic E-state index is 0.135. The van der Waals surface area contributed by atoms with E-state index in [4.69, 9.17) is 4.74 Å². The lowest BCUT2D eigenvalue weighted by molar-refractivity contribution is 0.232. The highest BCUT2D eigenvalue weighted by atomic mass is 16.5. The molecule has 0 aliphatic carbocycles. The van der Waals surface area contributed by atoms with E-state index >= 15 is 0 Å². The van der Waals surface area contributed by atoms with Gasteiger partial charge in [-0.15, -0.1) is 0 Å². The zero-order valence-electron chi connectivity index (χ0n) is 11.4. The van der Waals surface area contributed by atoms with Gasteiger partial charge in [0.1, 0.15) is 12.1 Å². The summed E-state index contributed by atoms with van der Waals surface area (Å²) in [7, 11) is 0. The van der Waals surface area contributed by atoms with Crippen molar-refractivity contribution in [2.75, 3.05) is 24.5 Å². The lowest BCUT2D eigenvalue weighted by atomic mass is 10.2. The highest BCUT2D eigenvalue weighted by molar-refractivity contribution is 5.42. The van der Waals surface area contributed by atoms with Crippen LogP contribution in [-0.4, -0.2) is 41.7 Å². The van der Waals surface area contributed by atoms with E-state index in [1.54, 1.807) is 6.33 Å².